The summed E-state index contributed by atoms with van der Waals surface area (Å²) in [6, 6.07) is 7.24. The number of ether oxygens (including phenoxy) is 2. The van der Waals surface area contributed by atoms with Gasteiger partial charge in [-0.25, -0.2) is 4.79 Å². The zero-order valence-electron chi connectivity index (χ0n) is 17.4. The molecule has 1 aliphatic heterocycles. The van der Waals surface area contributed by atoms with Gasteiger partial charge < -0.3 is 19.7 Å². The Morgan fingerprint density at radius 2 is 1.75 bits per heavy atom. The van der Waals surface area contributed by atoms with E-state index >= 15 is 0 Å². The van der Waals surface area contributed by atoms with Crippen LogP contribution in [0.2, 0.25) is 5.02 Å². The minimum Gasteiger partial charge on any atom is -0.491 e. The van der Waals surface area contributed by atoms with E-state index in [1.807, 2.05) is 46.8 Å². The number of benzene rings is 1. The fourth-order valence-corrected chi connectivity index (χ4v) is 2.99. The number of nitrogens with one attached hydrogen (secondary N) is 1. The van der Waals surface area contributed by atoms with Crippen LogP contribution in [0.25, 0.3) is 0 Å². The summed E-state index contributed by atoms with van der Waals surface area (Å²) in [5.41, 5.74) is -1.21. The number of hydrogen-bond donors (Lipinski definition) is 1. The van der Waals surface area contributed by atoms with Crippen LogP contribution in [-0.4, -0.2) is 48.2 Å². The minimum atomic E-state index is -0.707. The minimum absolute atomic E-state index is 0.0331. The smallest absolute Gasteiger partial charge is 0.410 e. The molecule has 2 rings (SSSR count). The standard InChI is InChI=1S/C21H31ClN2O4/c1-20(2,3)28-19(26)24-12-10-15(11-13-24)23-18(25)21(4,5)14-27-17-9-7-6-8-16(17)22/h6-9,15H,10-14H2,1-5H3,(H,23,25). The summed E-state index contributed by atoms with van der Waals surface area (Å²) in [5.74, 6) is 0.492. The maximum atomic E-state index is 12.7. The van der Waals surface area contributed by atoms with Gasteiger partial charge in [0.2, 0.25) is 5.91 Å². The van der Waals surface area contributed by atoms with Crippen LogP contribution in [0, 0.1) is 5.41 Å². The lowest BCUT2D eigenvalue weighted by atomic mass is 9.92. The van der Waals surface area contributed by atoms with Crippen molar-refractivity contribution in [3.8, 4) is 5.75 Å². The summed E-state index contributed by atoms with van der Waals surface area (Å²) >= 11 is 6.10. The molecule has 6 nitrogen and oxygen atoms in total. The van der Waals surface area contributed by atoms with Gasteiger partial charge >= 0.3 is 6.09 Å². The first-order chi connectivity index (χ1) is 13.0. The molecule has 1 aromatic rings. The van der Waals surface area contributed by atoms with Gasteiger partial charge in [0.05, 0.1) is 10.4 Å². The Labute approximate surface area is 172 Å². The van der Waals surface area contributed by atoms with Gasteiger partial charge in [0.25, 0.3) is 0 Å². The van der Waals surface area contributed by atoms with E-state index in [2.05, 4.69) is 5.32 Å². The highest BCUT2D eigenvalue weighted by atomic mass is 35.5. The molecular formula is C21H31ClN2O4. The molecule has 0 bridgehead atoms. The number of rotatable bonds is 5. The first-order valence-electron chi connectivity index (χ1n) is 9.64. The number of hydrogen-bond acceptors (Lipinski definition) is 4. The second kappa shape index (κ2) is 9.03. The molecule has 2 amide bonds. The van der Waals surface area contributed by atoms with Crippen LogP contribution in [0.3, 0.4) is 0 Å². The summed E-state index contributed by atoms with van der Waals surface area (Å²) in [6.07, 6.45) is 1.10. The lowest BCUT2D eigenvalue weighted by Crippen LogP contribution is -2.51. The quantitative estimate of drug-likeness (QED) is 0.787. The van der Waals surface area contributed by atoms with Gasteiger partial charge in [-0.15, -0.1) is 0 Å². The molecule has 1 saturated heterocycles. The highest BCUT2D eigenvalue weighted by Gasteiger charge is 2.33. The highest BCUT2D eigenvalue weighted by Crippen LogP contribution is 2.26. The van der Waals surface area contributed by atoms with Crippen molar-refractivity contribution >= 4 is 23.6 Å². The number of para-hydroxylation sites is 1. The molecule has 0 atom stereocenters. The van der Waals surface area contributed by atoms with Crippen LogP contribution in [0.5, 0.6) is 5.75 Å². The van der Waals surface area contributed by atoms with Crippen LogP contribution < -0.4 is 10.1 Å². The molecule has 1 aliphatic rings. The van der Waals surface area contributed by atoms with E-state index in [9.17, 15) is 9.59 Å². The first-order valence-corrected chi connectivity index (χ1v) is 10.0. The Morgan fingerprint density at radius 1 is 1.14 bits per heavy atom. The summed E-state index contributed by atoms with van der Waals surface area (Å²) in [6.45, 7) is 10.6. The molecule has 28 heavy (non-hydrogen) atoms. The summed E-state index contributed by atoms with van der Waals surface area (Å²) in [7, 11) is 0. The van der Waals surface area contributed by atoms with E-state index in [-0.39, 0.29) is 24.6 Å². The molecule has 1 heterocycles. The maximum absolute atomic E-state index is 12.7. The van der Waals surface area contributed by atoms with Crippen molar-refractivity contribution in [3.63, 3.8) is 0 Å². The van der Waals surface area contributed by atoms with Gasteiger partial charge in [-0.3, -0.25) is 4.79 Å². The Balaban J connectivity index is 1.81. The molecule has 7 heteroatoms. The van der Waals surface area contributed by atoms with E-state index in [4.69, 9.17) is 21.1 Å². The number of piperidine rings is 1. The van der Waals surface area contributed by atoms with Crippen molar-refractivity contribution in [2.24, 2.45) is 5.41 Å². The second-order valence-electron chi connectivity index (χ2n) is 8.82. The van der Waals surface area contributed by atoms with Crippen molar-refractivity contribution in [2.45, 2.75) is 59.1 Å². The van der Waals surface area contributed by atoms with Crippen molar-refractivity contribution in [1.29, 1.82) is 0 Å². The summed E-state index contributed by atoms with van der Waals surface area (Å²) < 4.78 is 11.1. The number of likely N-dealkylation sites (tertiary alicyclic amines) is 1. The number of halogens is 1. The van der Waals surface area contributed by atoms with Gasteiger partial charge in [-0.1, -0.05) is 23.7 Å². The van der Waals surface area contributed by atoms with Gasteiger partial charge in [0.1, 0.15) is 18.0 Å². The Bertz CT molecular complexity index is 692. The molecular weight excluding hydrogens is 380 g/mol. The van der Waals surface area contributed by atoms with Crippen LogP contribution in [0.4, 0.5) is 4.79 Å². The Kier molecular flexibility index (Phi) is 7.21. The summed E-state index contributed by atoms with van der Waals surface area (Å²) in [4.78, 5) is 26.5. The van der Waals surface area contributed by atoms with Crippen LogP contribution in [0.15, 0.2) is 24.3 Å². The van der Waals surface area contributed by atoms with E-state index in [1.54, 1.807) is 17.0 Å². The van der Waals surface area contributed by atoms with Crippen molar-refractivity contribution in [2.75, 3.05) is 19.7 Å². The molecule has 1 N–H and O–H groups in total. The molecule has 0 radical (unpaired) electrons. The third-order valence-electron chi connectivity index (χ3n) is 4.52. The maximum Gasteiger partial charge on any atom is 0.410 e. The number of nitrogens with zero attached hydrogens (tertiary/aromatic N) is 1. The number of carbonyl (C=O) groups excluding carboxylic acids is 2. The highest BCUT2D eigenvalue weighted by molar-refractivity contribution is 6.32. The number of amides is 2. The SMILES string of the molecule is CC(C)(C)OC(=O)N1CCC(NC(=O)C(C)(C)COc2ccccc2Cl)CC1. The topological polar surface area (TPSA) is 67.9 Å². The Morgan fingerprint density at radius 3 is 2.32 bits per heavy atom. The van der Waals surface area contributed by atoms with Crippen LogP contribution in [0.1, 0.15) is 47.5 Å². The molecule has 1 aromatic carbocycles. The molecule has 0 saturated carbocycles. The molecule has 0 unspecified atom stereocenters. The zero-order valence-corrected chi connectivity index (χ0v) is 18.1. The molecule has 0 spiro atoms. The van der Waals surface area contributed by atoms with E-state index in [0.29, 0.717) is 36.7 Å². The van der Waals surface area contributed by atoms with Gasteiger partial charge in [0, 0.05) is 19.1 Å². The normalized spacial score (nSPS) is 15.9. The first kappa shape index (κ1) is 22.3. The van der Waals surface area contributed by atoms with Gasteiger partial charge in [-0.2, -0.15) is 0 Å². The second-order valence-corrected chi connectivity index (χ2v) is 9.23. The fraction of sp³-hybridized carbons (Fsp3) is 0.619. The summed E-state index contributed by atoms with van der Waals surface area (Å²) in [5, 5.41) is 3.61. The molecule has 1 fully saturated rings. The Hall–Kier alpha value is -1.95. The van der Waals surface area contributed by atoms with Crippen LogP contribution >= 0.6 is 11.6 Å². The van der Waals surface area contributed by atoms with Crippen molar-refractivity contribution < 1.29 is 19.1 Å². The van der Waals surface area contributed by atoms with E-state index in [0.717, 1.165) is 0 Å². The van der Waals surface area contributed by atoms with Gasteiger partial charge in [-0.05, 0) is 59.6 Å². The lowest BCUT2D eigenvalue weighted by Gasteiger charge is -2.35. The third kappa shape index (κ3) is 6.59. The zero-order chi connectivity index (χ0) is 20.9. The van der Waals surface area contributed by atoms with E-state index in [1.165, 1.54) is 0 Å². The van der Waals surface area contributed by atoms with Gasteiger partial charge in [0.15, 0.2) is 0 Å². The van der Waals surface area contributed by atoms with Crippen LogP contribution in [-0.2, 0) is 9.53 Å². The predicted octanol–water partition coefficient (Wildman–Crippen LogP) is 4.26. The third-order valence-corrected chi connectivity index (χ3v) is 4.83. The fourth-order valence-electron chi connectivity index (χ4n) is 2.80. The average molecular weight is 411 g/mol. The van der Waals surface area contributed by atoms with Crippen molar-refractivity contribution in [3.05, 3.63) is 29.3 Å². The van der Waals surface area contributed by atoms with Crippen molar-refractivity contribution in [1.82, 2.24) is 10.2 Å². The predicted molar refractivity (Wildman–Crippen MR) is 110 cm³/mol. The van der Waals surface area contributed by atoms with E-state index < -0.39 is 11.0 Å². The molecule has 156 valence electrons. The largest absolute Gasteiger partial charge is 0.491 e. The monoisotopic (exact) mass is 410 g/mol. The molecule has 0 aliphatic carbocycles. The number of carbonyl (C=O) groups is 2. The molecule has 0 aromatic heterocycles. The average Bonchev–Trinajstić information content (AvgIpc) is 2.60. The lowest BCUT2D eigenvalue weighted by molar-refractivity contribution is -0.131.